The molecule has 4 heteroatoms. The number of carboxylic acid groups (broad SMARTS) is 1. The molecule has 2 rings (SSSR count). The molecule has 0 aliphatic carbocycles. The predicted octanol–water partition coefficient (Wildman–Crippen LogP) is 1.78. The molecule has 0 unspecified atom stereocenters. The van der Waals surface area contributed by atoms with E-state index < -0.39 is 5.97 Å². The Labute approximate surface area is 93.3 Å². The van der Waals surface area contributed by atoms with Gasteiger partial charge in [-0.2, -0.15) is 0 Å². The van der Waals surface area contributed by atoms with Gasteiger partial charge in [0.25, 0.3) is 0 Å². The van der Waals surface area contributed by atoms with Gasteiger partial charge in [0.15, 0.2) is 0 Å². The third-order valence-electron chi connectivity index (χ3n) is 2.62. The Hall–Kier alpha value is -1.06. The van der Waals surface area contributed by atoms with Crippen LogP contribution >= 0.6 is 11.6 Å². The molecule has 0 atom stereocenters. The summed E-state index contributed by atoms with van der Waals surface area (Å²) in [7, 11) is 0. The molecule has 0 spiro atoms. The average molecular weight is 226 g/mol. The number of aliphatic carboxylic acids is 1. The second-order valence-electron chi connectivity index (χ2n) is 3.77. The van der Waals surface area contributed by atoms with Crippen molar-refractivity contribution in [3.05, 3.63) is 34.3 Å². The van der Waals surface area contributed by atoms with Crippen LogP contribution in [0.2, 0.25) is 5.02 Å². The van der Waals surface area contributed by atoms with E-state index in [4.69, 9.17) is 16.7 Å². The van der Waals surface area contributed by atoms with Crippen LogP contribution in [0.3, 0.4) is 0 Å². The molecule has 1 heterocycles. The van der Waals surface area contributed by atoms with Gasteiger partial charge >= 0.3 is 5.97 Å². The number of carboxylic acids is 1. The molecule has 1 aliphatic rings. The first kappa shape index (κ1) is 10.5. The van der Waals surface area contributed by atoms with E-state index >= 15 is 0 Å². The molecule has 1 N–H and O–H groups in total. The minimum absolute atomic E-state index is 0.113. The fourth-order valence-electron chi connectivity index (χ4n) is 1.91. The Morgan fingerprint density at radius 3 is 3.00 bits per heavy atom. The molecule has 0 bridgehead atoms. The third-order valence-corrected chi connectivity index (χ3v) is 2.85. The van der Waals surface area contributed by atoms with Crippen LogP contribution in [0.25, 0.3) is 0 Å². The van der Waals surface area contributed by atoms with Crippen molar-refractivity contribution in [2.75, 3.05) is 13.1 Å². The van der Waals surface area contributed by atoms with Crippen LogP contribution in [0.5, 0.6) is 0 Å². The maximum absolute atomic E-state index is 10.6. The fraction of sp³-hybridized carbons (Fsp3) is 0.364. The van der Waals surface area contributed by atoms with E-state index in [0.29, 0.717) is 6.54 Å². The van der Waals surface area contributed by atoms with Crippen LogP contribution < -0.4 is 0 Å². The smallest absolute Gasteiger partial charge is 0.317 e. The van der Waals surface area contributed by atoms with Crippen molar-refractivity contribution in [1.82, 2.24) is 4.90 Å². The summed E-state index contributed by atoms with van der Waals surface area (Å²) in [6.45, 7) is 1.61. The van der Waals surface area contributed by atoms with Gasteiger partial charge in [0.05, 0.1) is 6.54 Å². The molecule has 15 heavy (non-hydrogen) atoms. The zero-order valence-corrected chi connectivity index (χ0v) is 9.00. The van der Waals surface area contributed by atoms with E-state index in [9.17, 15) is 4.79 Å². The van der Waals surface area contributed by atoms with Crippen LogP contribution in [0.4, 0.5) is 0 Å². The molecule has 1 aromatic carbocycles. The molecule has 1 aliphatic heterocycles. The second kappa shape index (κ2) is 4.21. The highest BCUT2D eigenvalue weighted by Gasteiger charge is 2.17. The van der Waals surface area contributed by atoms with Gasteiger partial charge in [-0.3, -0.25) is 9.69 Å². The summed E-state index contributed by atoms with van der Waals surface area (Å²) in [5.74, 6) is -0.771. The Balaban J connectivity index is 2.13. The zero-order chi connectivity index (χ0) is 10.8. The number of halogens is 1. The van der Waals surface area contributed by atoms with Gasteiger partial charge in [0.2, 0.25) is 0 Å². The van der Waals surface area contributed by atoms with Crippen LogP contribution in [0.15, 0.2) is 18.2 Å². The standard InChI is InChI=1S/C11H12ClNO2/c12-10-2-1-9-6-13(7-11(14)15)4-3-8(9)5-10/h1-2,5H,3-4,6-7H2,(H,14,15). The lowest BCUT2D eigenvalue weighted by Gasteiger charge is -2.27. The summed E-state index contributed by atoms with van der Waals surface area (Å²) in [5, 5.41) is 9.45. The molecule has 1 aromatic rings. The maximum Gasteiger partial charge on any atom is 0.317 e. The van der Waals surface area contributed by atoms with Crippen molar-refractivity contribution < 1.29 is 9.90 Å². The monoisotopic (exact) mass is 225 g/mol. The molecule has 0 saturated heterocycles. The Morgan fingerprint density at radius 2 is 2.27 bits per heavy atom. The fourth-order valence-corrected chi connectivity index (χ4v) is 2.10. The van der Waals surface area contributed by atoms with E-state index in [2.05, 4.69) is 0 Å². The SMILES string of the molecule is O=C(O)CN1CCc2cc(Cl)ccc2C1. The van der Waals surface area contributed by atoms with Crippen molar-refractivity contribution in [2.45, 2.75) is 13.0 Å². The van der Waals surface area contributed by atoms with E-state index in [1.165, 1.54) is 11.1 Å². The number of nitrogens with zero attached hydrogens (tertiary/aromatic N) is 1. The maximum atomic E-state index is 10.6. The summed E-state index contributed by atoms with van der Waals surface area (Å²) in [4.78, 5) is 12.5. The van der Waals surface area contributed by atoms with Gasteiger partial charge in [0, 0.05) is 18.1 Å². The summed E-state index contributed by atoms with van der Waals surface area (Å²) >= 11 is 5.89. The van der Waals surface area contributed by atoms with E-state index in [0.717, 1.165) is 18.0 Å². The van der Waals surface area contributed by atoms with Gasteiger partial charge < -0.3 is 5.11 Å². The number of carbonyl (C=O) groups is 1. The highest BCUT2D eigenvalue weighted by Crippen LogP contribution is 2.22. The topological polar surface area (TPSA) is 40.5 Å². The predicted molar refractivity (Wildman–Crippen MR) is 58.1 cm³/mol. The second-order valence-corrected chi connectivity index (χ2v) is 4.20. The van der Waals surface area contributed by atoms with Gasteiger partial charge in [-0.05, 0) is 29.7 Å². The molecule has 0 radical (unpaired) electrons. The molecular formula is C11H12ClNO2. The van der Waals surface area contributed by atoms with Crippen LogP contribution in [0.1, 0.15) is 11.1 Å². The quantitative estimate of drug-likeness (QED) is 0.834. The van der Waals surface area contributed by atoms with Crippen molar-refractivity contribution in [3.8, 4) is 0 Å². The first-order valence-electron chi connectivity index (χ1n) is 4.86. The van der Waals surface area contributed by atoms with Crippen molar-refractivity contribution >= 4 is 17.6 Å². The van der Waals surface area contributed by atoms with Crippen LogP contribution in [-0.2, 0) is 17.8 Å². The molecule has 3 nitrogen and oxygen atoms in total. The third kappa shape index (κ3) is 2.49. The zero-order valence-electron chi connectivity index (χ0n) is 8.24. The number of rotatable bonds is 2. The lowest BCUT2D eigenvalue weighted by molar-refractivity contribution is -0.138. The van der Waals surface area contributed by atoms with E-state index in [-0.39, 0.29) is 6.54 Å². The number of fused-ring (bicyclic) bond motifs is 1. The molecular weight excluding hydrogens is 214 g/mol. The van der Waals surface area contributed by atoms with Gasteiger partial charge in [0.1, 0.15) is 0 Å². The Morgan fingerprint density at radius 1 is 1.47 bits per heavy atom. The van der Waals surface area contributed by atoms with E-state index in [1.807, 2.05) is 23.1 Å². The van der Waals surface area contributed by atoms with Crippen molar-refractivity contribution in [3.63, 3.8) is 0 Å². The van der Waals surface area contributed by atoms with Crippen LogP contribution in [-0.4, -0.2) is 29.1 Å². The highest BCUT2D eigenvalue weighted by molar-refractivity contribution is 6.30. The van der Waals surface area contributed by atoms with Crippen molar-refractivity contribution in [2.24, 2.45) is 0 Å². The molecule has 80 valence electrons. The normalized spacial score (nSPS) is 16.1. The summed E-state index contributed by atoms with van der Waals surface area (Å²) in [6, 6.07) is 5.80. The number of benzene rings is 1. The Bertz CT molecular complexity index is 392. The lowest BCUT2D eigenvalue weighted by Crippen LogP contribution is -2.34. The Kier molecular flexibility index (Phi) is 2.93. The minimum atomic E-state index is -0.771. The van der Waals surface area contributed by atoms with Crippen LogP contribution in [0, 0.1) is 0 Å². The molecule has 0 fully saturated rings. The van der Waals surface area contributed by atoms with Gasteiger partial charge in [-0.15, -0.1) is 0 Å². The van der Waals surface area contributed by atoms with E-state index in [1.54, 1.807) is 0 Å². The first-order valence-corrected chi connectivity index (χ1v) is 5.24. The van der Waals surface area contributed by atoms with Crippen molar-refractivity contribution in [1.29, 1.82) is 0 Å². The summed E-state index contributed by atoms with van der Waals surface area (Å²) < 4.78 is 0. The molecule has 0 saturated carbocycles. The summed E-state index contributed by atoms with van der Waals surface area (Å²) in [5.41, 5.74) is 2.43. The minimum Gasteiger partial charge on any atom is -0.480 e. The molecule has 0 amide bonds. The lowest BCUT2D eigenvalue weighted by atomic mass is 10.00. The van der Waals surface area contributed by atoms with Gasteiger partial charge in [-0.25, -0.2) is 0 Å². The average Bonchev–Trinajstić information content (AvgIpc) is 2.17. The largest absolute Gasteiger partial charge is 0.480 e. The summed E-state index contributed by atoms with van der Waals surface area (Å²) in [6.07, 6.45) is 0.878. The first-order chi connectivity index (χ1) is 7.15. The number of hydrogen-bond donors (Lipinski definition) is 1. The number of hydrogen-bond acceptors (Lipinski definition) is 2. The molecule has 0 aromatic heterocycles. The highest BCUT2D eigenvalue weighted by atomic mass is 35.5. The van der Waals surface area contributed by atoms with Gasteiger partial charge in [-0.1, -0.05) is 17.7 Å².